The minimum absolute atomic E-state index is 0.00626. The summed E-state index contributed by atoms with van der Waals surface area (Å²) in [6.45, 7) is 4.85. The summed E-state index contributed by atoms with van der Waals surface area (Å²) >= 11 is 5.97. The first-order chi connectivity index (χ1) is 17.0. The highest BCUT2D eigenvalue weighted by atomic mass is 35.5. The Morgan fingerprint density at radius 1 is 1.08 bits per heavy atom. The first-order valence-corrected chi connectivity index (χ1v) is 13.3. The lowest BCUT2D eigenvalue weighted by Gasteiger charge is -2.38. The van der Waals surface area contributed by atoms with Crippen molar-refractivity contribution in [3.63, 3.8) is 0 Å². The van der Waals surface area contributed by atoms with E-state index in [9.17, 15) is 22.4 Å². The summed E-state index contributed by atoms with van der Waals surface area (Å²) in [5, 5.41) is 0.190. The molecule has 2 aromatic carbocycles. The van der Waals surface area contributed by atoms with Gasteiger partial charge in [0.2, 0.25) is 15.9 Å². The van der Waals surface area contributed by atoms with Crippen LogP contribution in [0, 0.1) is 11.2 Å². The van der Waals surface area contributed by atoms with Crippen molar-refractivity contribution in [2.75, 3.05) is 39.9 Å². The van der Waals surface area contributed by atoms with Crippen LogP contribution >= 0.6 is 11.6 Å². The molecule has 0 spiro atoms. The smallest absolute Gasteiger partial charge is 0.337 e. The van der Waals surface area contributed by atoms with Gasteiger partial charge in [0.15, 0.2) is 0 Å². The van der Waals surface area contributed by atoms with E-state index >= 15 is 0 Å². The van der Waals surface area contributed by atoms with E-state index in [4.69, 9.17) is 16.3 Å². The maximum absolute atomic E-state index is 13.2. The highest BCUT2D eigenvalue weighted by molar-refractivity contribution is 7.89. The number of hydrogen-bond acceptors (Lipinski definition) is 6. The first kappa shape index (κ1) is 27.9. The summed E-state index contributed by atoms with van der Waals surface area (Å²) < 4.78 is 50.9. The van der Waals surface area contributed by atoms with Crippen LogP contribution < -0.4 is 4.74 Å². The minimum atomic E-state index is -3.82. The van der Waals surface area contributed by atoms with Crippen molar-refractivity contribution < 1.29 is 31.9 Å². The third kappa shape index (κ3) is 6.54. The van der Waals surface area contributed by atoms with Gasteiger partial charge in [-0.3, -0.25) is 4.79 Å². The second kappa shape index (κ2) is 11.6. The van der Waals surface area contributed by atoms with Crippen LogP contribution in [0.1, 0.15) is 37.0 Å². The van der Waals surface area contributed by atoms with Gasteiger partial charge in [-0.1, -0.05) is 31.5 Å². The monoisotopic (exact) mass is 540 g/mol. The summed E-state index contributed by atoms with van der Waals surface area (Å²) in [6, 6.07) is 9.63. The molecule has 0 N–H and O–H groups in total. The van der Waals surface area contributed by atoms with Crippen LogP contribution in [0.5, 0.6) is 5.75 Å². The zero-order chi connectivity index (χ0) is 26.5. The van der Waals surface area contributed by atoms with E-state index in [0.717, 1.165) is 0 Å². The van der Waals surface area contributed by atoms with Gasteiger partial charge in [-0.25, -0.2) is 17.6 Å². The third-order valence-electron chi connectivity index (χ3n) is 6.10. The molecule has 8 nitrogen and oxygen atoms in total. The lowest BCUT2D eigenvalue weighted by molar-refractivity contribution is -0.142. The molecule has 0 saturated carbocycles. The number of ether oxygens (including phenoxy) is 2. The van der Waals surface area contributed by atoms with Crippen molar-refractivity contribution in [1.29, 1.82) is 0 Å². The molecule has 1 saturated heterocycles. The molecule has 196 valence electrons. The number of rotatable bonds is 9. The molecule has 0 radical (unpaired) electrons. The number of sulfonamides is 1. The van der Waals surface area contributed by atoms with Crippen molar-refractivity contribution in [2.45, 2.75) is 31.6 Å². The highest BCUT2D eigenvalue weighted by Crippen LogP contribution is 2.29. The van der Waals surface area contributed by atoms with Gasteiger partial charge in [0.1, 0.15) is 11.6 Å². The standard InChI is InChI=1S/C25H30ClFN2O6S/c1-25(2,10-5-15-35-22-9-8-19(27)17-21(22)26)24(31)28-11-13-29(14-12-28)36(32,33)20-7-4-6-18(16-20)23(30)34-3/h4,6-9,16-17H,5,10-15H2,1-3H3. The van der Waals surface area contributed by atoms with Gasteiger partial charge in [0, 0.05) is 31.6 Å². The Balaban J connectivity index is 1.53. The fraction of sp³-hybridized carbons (Fsp3) is 0.440. The predicted octanol–water partition coefficient (Wildman–Crippen LogP) is 3.98. The van der Waals surface area contributed by atoms with Crippen LogP contribution in [0.3, 0.4) is 0 Å². The van der Waals surface area contributed by atoms with E-state index in [2.05, 4.69) is 4.74 Å². The average molecular weight is 541 g/mol. The molecule has 0 aliphatic carbocycles. The van der Waals surface area contributed by atoms with Crippen molar-refractivity contribution in [1.82, 2.24) is 9.21 Å². The number of methoxy groups -OCH3 is 1. The Labute approximate surface area is 216 Å². The SMILES string of the molecule is COC(=O)c1cccc(S(=O)(=O)N2CCN(C(=O)C(C)(C)CCCOc3ccc(F)cc3Cl)CC2)c1. The van der Waals surface area contributed by atoms with Crippen LogP contribution in [0.4, 0.5) is 4.39 Å². The van der Waals surface area contributed by atoms with Crippen LogP contribution in [0.2, 0.25) is 5.02 Å². The van der Waals surface area contributed by atoms with E-state index in [1.807, 2.05) is 13.8 Å². The van der Waals surface area contributed by atoms with Crippen molar-refractivity contribution in [3.8, 4) is 5.75 Å². The maximum atomic E-state index is 13.2. The summed E-state index contributed by atoms with van der Waals surface area (Å²) in [5.41, 5.74) is -0.522. The molecule has 0 aromatic heterocycles. The minimum Gasteiger partial charge on any atom is -0.492 e. The zero-order valence-corrected chi connectivity index (χ0v) is 22.1. The molecule has 1 amide bonds. The predicted molar refractivity (Wildman–Crippen MR) is 133 cm³/mol. The summed E-state index contributed by atoms with van der Waals surface area (Å²) in [7, 11) is -2.59. The molecule has 36 heavy (non-hydrogen) atoms. The molecular weight excluding hydrogens is 511 g/mol. The first-order valence-electron chi connectivity index (χ1n) is 11.5. The van der Waals surface area contributed by atoms with Gasteiger partial charge in [-0.2, -0.15) is 4.31 Å². The topological polar surface area (TPSA) is 93.2 Å². The lowest BCUT2D eigenvalue weighted by atomic mass is 9.86. The summed E-state index contributed by atoms with van der Waals surface area (Å²) in [4.78, 5) is 26.6. The van der Waals surface area contributed by atoms with Gasteiger partial charge in [-0.15, -0.1) is 0 Å². The average Bonchev–Trinajstić information content (AvgIpc) is 2.86. The molecule has 3 rings (SSSR count). The number of nitrogens with zero attached hydrogens (tertiary/aromatic N) is 2. The van der Waals surface area contributed by atoms with Crippen molar-refractivity contribution in [2.24, 2.45) is 5.41 Å². The number of amides is 1. The van der Waals surface area contributed by atoms with E-state index < -0.39 is 27.2 Å². The quantitative estimate of drug-likeness (QED) is 0.353. The fourth-order valence-corrected chi connectivity index (χ4v) is 5.70. The fourth-order valence-electron chi connectivity index (χ4n) is 4.01. The highest BCUT2D eigenvalue weighted by Gasteiger charge is 2.36. The Bertz CT molecular complexity index is 1210. The molecule has 2 aromatic rings. The van der Waals surface area contributed by atoms with Crippen LogP contribution in [0.15, 0.2) is 47.4 Å². The zero-order valence-electron chi connectivity index (χ0n) is 20.5. The Morgan fingerprint density at radius 3 is 2.42 bits per heavy atom. The number of hydrogen-bond donors (Lipinski definition) is 0. The van der Waals surface area contributed by atoms with Gasteiger partial charge in [-0.05, 0) is 49.2 Å². The second-order valence-corrected chi connectivity index (χ2v) is 11.5. The Kier molecular flexibility index (Phi) is 8.97. The van der Waals surface area contributed by atoms with Gasteiger partial charge < -0.3 is 14.4 Å². The Morgan fingerprint density at radius 2 is 1.78 bits per heavy atom. The summed E-state index contributed by atoms with van der Waals surface area (Å²) in [5.74, 6) is -0.735. The number of benzene rings is 2. The molecular formula is C25H30ClFN2O6S. The summed E-state index contributed by atoms with van der Waals surface area (Å²) in [6.07, 6.45) is 1.13. The molecule has 1 heterocycles. The lowest BCUT2D eigenvalue weighted by Crippen LogP contribution is -2.53. The molecule has 1 aliphatic rings. The molecule has 1 aliphatic heterocycles. The van der Waals surface area contributed by atoms with Gasteiger partial charge in [0.25, 0.3) is 0 Å². The number of piperazine rings is 1. The molecule has 0 atom stereocenters. The van der Waals surface area contributed by atoms with Crippen molar-refractivity contribution >= 4 is 33.5 Å². The van der Waals surface area contributed by atoms with Crippen LogP contribution in [-0.4, -0.2) is 69.4 Å². The number of carbonyl (C=O) groups excluding carboxylic acids is 2. The molecule has 1 fully saturated rings. The number of esters is 1. The second-order valence-electron chi connectivity index (χ2n) is 9.13. The normalized spacial score (nSPS) is 15.0. The van der Waals surface area contributed by atoms with E-state index in [-0.39, 0.29) is 47.6 Å². The van der Waals surface area contributed by atoms with Gasteiger partial charge in [0.05, 0.1) is 29.2 Å². The van der Waals surface area contributed by atoms with Crippen LogP contribution in [0.25, 0.3) is 0 Å². The maximum Gasteiger partial charge on any atom is 0.337 e. The largest absolute Gasteiger partial charge is 0.492 e. The molecule has 0 bridgehead atoms. The number of halogens is 2. The number of carbonyl (C=O) groups is 2. The third-order valence-corrected chi connectivity index (χ3v) is 8.29. The van der Waals surface area contributed by atoms with Gasteiger partial charge >= 0.3 is 5.97 Å². The molecule has 0 unspecified atom stereocenters. The van der Waals surface area contributed by atoms with E-state index in [1.54, 1.807) is 4.90 Å². The molecule has 11 heteroatoms. The Hall–Kier alpha value is -2.69. The van der Waals surface area contributed by atoms with Crippen LogP contribution in [-0.2, 0) is 19.6 Å². The van der Waals surface area contributed by atoms with Crippen molar-refractivity contribution in [3.05, 3.63) is 58.9 Å². The van der Waals surface area contributed by atoms with E-state index in [0.29, 0.717) is 25.2 Å². The van der Waals surface area contributed by atoms with E-state index in [1.165, 1.54) is 53.9 Å².